The van der Waals surface area contributed by atoms with E-state index in [4.69, 9.17) is 4.74 Å². The number of hydrogen-bond donors (Lipinski definition) is 0. The molecule has 1 aliphatic heterocycles. The first-order valence-corrected chi connectivity index (χ1v) is 5.07. The smallest absolute Gasteiger partial charge is 0.251 e. The van der Waals surface area contributed by atoms with Gasteiger partial charge in [0, 0.05) is 19.7 Å². The first-order valence-electron chi connectivity index (χ1n) is 5.07. The van der Waals surface area contributed by atoms with Crippen molar-refractivity contribution >= 4 is 5.91 Å². The fourth-order valence-electron chi connectivity index (χ4n) is 2.48. The lowest BCUT2D eigenvalue weighted by atomic mass is 9.91. The van der Waals surface area contributed by atoms with Crippen molar-refractivity contribution in [3.05, 3.63) is 0 Å². The molecule has 1 amide bonds. The molecule has 2 fully saturated rings. The quantitative estimate of drug-likeness (QED) is 0.640. The Morgan fingerprint density at radius 2 is 2.31 bits per heavy atom. The van der Waals surface area contributed by atoms with Gasteiger partial charge in [-0.2, -0.15) is 0 Å². The minimum absolute atomic E-state index is 0.172. The zero-order valence-corrected chi connectivity index (χ0v) is 8.32. The summed E-state index contributed by atoms with van der Waals surface area (Å²) >= 11 is 0. The van der Waals surface area contributed by atoms with Gasteiger partial charge in [-0.15, -0.1) is 0 Å². The van der Waals surface area contributed by atoms with Crippen LogP contribution in [0.5, 0.6) is 0 Å². The molecule has 1 saturated carbocycles. The van der Waals surface area contributed by atoms with Crippen molar-refractivity contribution in [1.82, 2.24) is 4.90 Å². The SMILES string of the molecule is COC(C)C(=O)N1CC2CCCC21. The maximum Gasteiger partial charge on any atom is 0.251 e. The summed E-state index contributed by atoms with van der Waals surface area (Å²) in [7, 11) is 1.59. The molecule has 1 heterocycles. The lowest BCUT2D eigenvalue weighted by Gasteiger charge is -2.45. The monoisotopic (exact) mass is 183 g/mol. The molecule has 0 bridgehead atoms. The molecule has 0 aromatic rings. The lowest BCUT2D eigenvalue weighted by molar-refractivity contribution is -0.152. The molecule has 1 aliphatic carbocycles. The predicted molar refractivity (Wildman–Crippen MR) is 49.3 cm³/mol. The summed E-state index contributed by atoms with van der Waals surface area (Å²) in [5.74, 6) is 0.971. The van der Waals surface area contributed by atoms with E-state index in [-0.39, 0.29) is 12.0 Å². The van der Waals surface area contributed by atoms with Crippen LogP contribution < -0.4 is 0 Å². The van der Waals surface area contributed by atoms with Crippen LogP contribution >= 0.6 is 0 Å². The van der Waals surface area contributed by atoms with Crippen molar-refractivity contribution < 1.29 is 9.53 Å². The van der Waals surface area contributed by atoms with E-state index in [0.29, 0.717) is 6.04 Å². The third-order valence-electron chi connectivity index (χ3n) is 3.43. The second-order valence-electron chi connectivity index (χ2n) is 4.13. The Morgan fingerprint density at radius 3 is 2.92 bits per heavy atom. The Hall–Kier alpha value is -0.570. The van der Waals surface area contributed by atoms with E-state index in [0.717, 1.165) is 12.5 Å². The van der Waals surface area contributed by atoms with Gasteiger partial charge in [-0.25, -0.2) is 0 Å². The van der Waals surface area contributed by atoms with Crippen LogP contribution in [0.2, 0.25) is 0 Å². The first-order chi connectivity index (χ1) is 6.24. The number of likely N-dealkylation sites (tertiary alicyclic amines) is 1. The third-order valence-corrected chi connectivity index (χ3v) is 3.43. The highest BCUT2D eigenvalue weighted by Gasteiger charge is 2.45. The summed E-state index contributed by atoms with van der Waals surface area (Å²) in [6, 6.07) is 0.546. The summed E-state index contributed by atoms with van der Waals surface area (Å²) in [6.45, 7) is 2.79. The van der Waals surface area contributed by atoms with E-state index in [9.17, 15) is 4.79 Å². The van der Waals surface area contributed by atoms with Crippen LogP contribution in [-0.2, 0) is 9.53 Å². The molecular formula is C10H17NO2. The number of nitrogens with zero attached hydrogens (tertiary/aromatic N) is 1. The third kappa shape index (κ3) is 1.35. The molecule has 74 valence electrons. The molecule has 0 N–H and O–H groups in total. The lowest BCUT2D eigenvalue weighted by Crippen LogP contribution is -2.58. The van der Waals surface area contributed by atoms with Crippen LogP contribution in [0, 0.1) is 5.92 Å². The van der Waals surface area contributed by atoms with E-state index in [1.807, 2.05) is 11.8 Å². The van der Waals surface area contributed by atoms with Gasteiger partial charge >= 0.3 is 0 Å². The van der Waals surface area contributed by atoms with Crippen LogP contribution in [0.25, 0.3) is 0 Å². The number of carbonyl (C=O) groups excluding carboxylic acids is 1. The van der Waals surface area contributed by atoms with Gasteiger partial charge in [0.1, 0.15) is 6.10 Å². The number of fused-ring (bicyclic) bond motifs is 1. The second-order valence-corrected chi connectivity index (χ2v) is 4.13. The van der Waals surface area contributed by atoms with E-state index < -0.39 is 0 Å². The van der Waals surface area contributed by atoms with Crippen LogP contribution in [0.15, 0.2) is 0 Å². The molecular weight excluding hydrogens is 166 g/mol. The summed E-state index contributed by atoms with van der Waals surface area (Å²) in [5.41, 5.74) is 0. The number of ether oxygens (including phenoxy) is 1. The molecule has 0 spiro atoms. The van der Waals surface area contributed by atoms with Gasteiger partial charge in [0.2, 0.25) is 0 Å². The fraction of sp³-hybridized carbons (Fsp3) is 0.900. The normalized spacial score (nSPS) is 33.8. The molecule has 0 aromatic heterocycles. The van der Waals surface area contributed by atoms with E-state index in [2.05, 4.69) is 0 Å². The number of carbonyl (C=O) groups is 1. The number of amides is 1. The van der Waals surface area contributed by atoms with Gasteiger partial charge in [0.25, 0.3) is 5.91 Å². The summed E-state index contributed by atoms with van der Waals surface area (Å²) in [5, 5.41) is 0. The zero-order chi connectivity index (χ0) is 9.42. The molecule has 2 aliphatic rings. The minimum atomic E-state index is -0.262. The summed E-state index contributed by atoms with van der Waals surface area (Å²) in [4.78, 5) is 13.7. The van der Waals surface area contributed by atoms with Gasteiger partial charge in [-0.05, 0) is 25.7 Å². The van der Waals surface area contributed by atoms with Crippen molar-refractivity contribution in [2.24, 2.45) is 5.92 Å². The van der Waals surface area contributed by atoms with Crippen LogP contribution in [-0.4, -0.2) is 36.6 Å². The molecule has 3 nitrogen and oxygen atoms in total. The Kier molecular flexibility index (Phi) is 2.28. The minimum Gasteiger partial charge on any atom is -0.372 e. The molecule has 1 saturated heterocycles. The summed E-state index contributed by atoms with van der Waals surface area (Å²) in [6.07, 6.45) is 3.55. The highest BCUT2D eigenvalue weighted by molar-refractivity contribution is 5.81. The van der Waals surface area contributed by atoms with Crippen LogP contribution in [0.1, 0.15) is 26.2 Å². The van der Waals surface area contributed by atoms with Crippen molar-refractivity contribution in [1.29, 1.82) is 0 Å². The van der Waals surface area contributed by atoms with Crippen molar-refractivity contribution in [2.75, 3.05) is 13.7 Å². The van der Waals surface area contributed by atoms with E-state index >= 15 is 0 Å². The standard InChI is InChI=1S/C10H17NO2/c1-7(13-2)10(12)11-6-8-4-3-5-9(8)11/h7-9H,3-6H2,1-2H3. The topological polar surface area (TPSA) is 29.5 Å². The van der Waals surface area contributed by atoms with Crippen LogP contribution in [0.3, 0.4) is 0 Å². The van der Waals surface area contributed by atoms with Crippen molar-refractivity contribution in [3.63, 3.8) is 0 Å². The number of hydrogen-bond acceptors (Lipinski definition) is 2. The molecule has 2 rings (SSSR count). The molecule has 13 heavy (non-hydrogen) atoms. The highest BCUT2D eigenvalue weighted by atomic mass is 16.5. The molecule has 0 radical (unpaired) electrons. The number of rotatable bonds is 2. The second kappa shape index (κ2) is 3.29. The Bertz CT molecular complexity index is 217. The fourth-order valence-corrected chi connectivity index (χ4v) is 2.48. The molecule has 3 unspecified atom stereocenters. The molecule has 3 atom stereocenters. The van der Waals surface area contributed by atoms with Gasteiger partial charge in [-0.3, -0.25) is 4.79 Å². The number of methoxy groups -OCH3 is 1. The van der Waals surface area contributed by atoms with Gasteiger partial charge < -0.3 is 9.64 Å². The zero-order valence-electron chi connectivity index (χ0n) is 8.32. The van der Waals surface area contributed by atoms with Crippen molar-refractivity contribution in [2.45, 2.75) is 38.3 Å². The Labute approximate surface area is 79.0 Å². The maximum atomic E-state index is 11.7. The maximum absolute atomic E-state index is 11.7. The van der Waals surface area contributed by atoms with Gasteiger partial charge in [0.05, 0.1) is 0 Å². The summed E-state index contributed by atoms with van der Waals surface area (Å²) < 4.78 is 5.03. The molecule has 3 heteroatoms. The van der Waals surface area contributed by atoms with Crippen LogP contribution in [0.4, 0.5) is 0 Å². The Balaban J connectivity index is 1.92. The molecule has 0 aromatic carbocycles. The average molecular weight is 183 g/mol. The van der Waals surface area contributed by atoms with Gasteiger partial charge in [0.15, 0.2) is 0 Å². The first kappa shape index (κ1) is 9.00. The highest BCUT2D eigenvalue weighted by Crippen LogP contribution is 2.39. The largest absolute Gasteiger partial charge is 0.372 e. The average Bonchev–Trinajstić information content (AvgIpc) is 2.46. The predicted octanol–water partition coefficient (Wildman–Crippen LogP) is 1.03. The van der Waals surface area contributed by atoms with E-state index in [1.165, 1.54) is 19.3 Å². The Morgan fingerprint density at radius 1 is 1.54 bits per heavy atom. The van der Waals surface area contributed by atoms with Crippen molar-refractivity contribution in [3.8, 4) is 0 Å². The van der Waals surface area contributed by atoms with Gasteiger partial charge in [-0.1, -0.05) is 6.42 Å². The van der Waals surface area contributed by atoms with E-state index in [1.54, 1.807) is 7.11 Å².